The lowest BCUT2D eigenvalue weighted by Gasteiger charge is -2.35. The van der Waals surface area contributed by atoms with Gasteiger partial charge in [0.25, 0.3) is 0 Å². The number of hydrogen-bond acceptors (Lipinski definition) is 5. The number of hydrogen-bond donors (Lipinski definition) is 0. The molecule has 6 nitrogen and oxygen atoms in total. The van der Waals surface area contributed by atoms with E-state index in [9.17, 15) is 4.79 Å². The van der Waals surface area contributed by atoms with Gasteiger partial charge in [-0.15, -0.1) is 10.2 Å². The van der Waals surface area contributed by atoms with Crippen molar-refractivity contribution in [2.24, 2.45) is 5.92 Å². The standard InChI is InChI=1S/C21H28N4O2/c1-15-5-7-17(8-6-15)20-23-22-19(27-20)16(2)24-13-9-18(10-14-24)21(26)25-11-3-4-12-25/h5-8,16,18H,3-4,9-14H2,1-2H3. The summed E-state index contributed by atoms with van der Waals surface area (Å²) in [5, 5.41) is 8.50. The first-order chi connectivity index (χ1) is 13.1. The summed E-state index contributed by atoms with van der Waals surface area (Å²) in [5.41, 5.74) is 2.15. The van der Waals surface area contributed by atoms with Gasteiger partial charge in [-0.2, -0.15) is 0 Å². The van der Waals surface area contributed by atoms with Crippen LogP contribution in [0.15, 0.2) is 28.7 Å². The fourth-order valence-corrected chi connectivity index (χ4v) is 4.10. The van der Waals surface area contributed by atoms with E-state index in [4.69, 9.17) is 4.42 Å². The molecule has 1 amide bonds. The van der Waals surface area contributed by atoms with Crippen molar-refractivity contribution in [2.75, 3.05) is 26.2 Å². The zero-order chi connectivity index (χ0) is 18.8. The molecule has 1 unspecified atom stereocenters. The lowest BCUT2D eigenvalue weighted by molar-refractivity contribution is -0.136. The first-order valence-electron chi connectivity index (χ1n) is 10.0. The van der Waals surface area contributed by atoms with Gasteiger partial charge in [-0.1, -0.05) is 17.7 Å². The van der Waals surface area contributed by atoms with Gasteiger partial charge in [0.15, 0.2) is 0 Å². The predicted molar refractivity (Wildman–Crippen MR) is 103 cm³/mol. The Morgan fingerprint density at radius 1 is 1.07 bits per heavy atom. The number of nitrogens with zero attached hydrogens (tertiary/aromatic N) is 4. The molecule has 0 N–H and O–H groups in total. The number of aryl methyl sites for hydroxylation is 1. The van der Waals surface area contributed by atoms with Gasteiger partial charge < -0.3 is 9.32 Å². The summed E-state index contributed by atoms with van der Waals surface area (Å²) in [6.07, 6.45) is 4.14. The highest BCUT2D eigenvalue weighted by Gasteiger charge is 2.32. The highest BCUT2D eigenvalue weighted by atomic mass is 16.4. The van der Waals surface area contributed by atoms with Crippen LogP contribution >= 0.6 is 0 Å². The van der Waals surface area contributed by atoms with Gasteiger partial charge in [0, 0.05) is 24.6 Å². The van der Waals surface area contributed by atoms with E-state index < -0.39 is 0 Å². The summed E-state index contributed by atoms with van der Waals surface area (Å²) in [6.45, 7) is 7.85. The van der Waals surface area contributed by atoms with Crippen molar-refractivity contribution in [3.05, 3.63) is 35.7 Å². The summed E-state index contributed by atoms with van der Waals surface area (Å²) in [5.74, 6) is 1.75. The molecule has 0 spiro atoms. The molecule has 144 valence electrons. The van der Waals surface area contributed by atoms with Gasteiger partial charge in [0.1, 0.15) is 0 Å². The summed E-state index contributed by atoms with van der Waals surface area (Å²) < 4.78 is 5.94. The zero-order valence-electron chi connectivity index (χ0n) is 16.2. The van der Waals surface area contributed by atoms with Crippen LogP contribution in [0.1, 0.15) is 50.1 Å². The Morgan fingerprint density at radius 3 is 2.41 bits per heavy atom. The fourth-order valence-electron chi connectivity index (χ4n) is 4.10. The summed E-state index contributed by atoms with van der Waals surface area (Å²) >= 11 is 0. The van der Waals surface area contributed by atoms with E-state index in [1.54, 1.807) is 0 Å². The summed E-state index contributed by atoms with van der Waals surface area (Å²) in [4.78, 5) is 17.0. The van der Waals surface area contributed by atoms with Crippen LogP contribution in [0.2, 0.25) is 0 Å². The maximum Gasteiger partial charge on any atom is 0.247 e. The van der Waals surface area contributed by atoms with Crippen molar-refractivity contribution in [3.8, 4) is 11.5 Å². The van der Waals surface area contributed by atoms with Gasteiger partial charge in [0.2, 0.25) is 17.7 Å². The van der Waals surface area contributed by atoms with E-state index in [0.29, 0.717) is 17.7 Å². The van der Waals surface area contributed by atoms with Crippen LogP contribution in [-0.2, 0) is 4.79 Å². The largest absolute Gasteiger partial charge is 0.419 e. The lowest BCUT2D eigenvalue weighted by atomic mass is 9.94. The number of benzene rings is 1. The van der Waals surface area contributed by atoms with E-state index in [1.807, 2.05) is 24.3 Å². The Kier molecular flexibility index (Phi) is 5.25. The molecule has 3 heterocycles. The van der Waals surface area contributed by atoms with Gasteiger partial charge in [-0.3, -0.25) is 9.69 Å². The zero-order valence-corrected chi connectivity index (χ0v) is 16.2. The Labute approximate surface area is 160 Å². The number of amides is 1. The Hall–Kier alpha value is -2.21. The second-order valence-corrected chi connectivity index (χ2v) is 7.83. The molecule has 0 bridgehead atoms. The van der Waals surface area contributed by atoms with Crippen LogP contribution in [-0.4, -0.2) is 52.1 Å². The first-order valence-corrected chi connectivity index (χ1v) is 10.0. The molecule has 6 heteroatoms. The molecule has 0 radical (unpaired) electrons. The molecule has 4 rings (SSSR count). The number of carbonyl (C=O) groups is 1. The molecule has 1 atom stereocenters. The van der Waals surface area contributed by atoms with Gasteiger partial charge >= 0.3 is 0 Å². The molecule has 0 saturated carbocycles. The van der Waals surface area contributed by atoms with Crippen molar-refractivity contribution >= 4 is 5.91 Å². The average Bonchev–Trinajstić information content (AvgIpc) is 3.40. The van der Waals surface area contributed by atoms with Crippen LogP contribution in [0, 0.1) is 12.8 Å². The lowest BCUT2D eigenvalue weighted by Crippen LogP contribution is -2.42. The third-order valence-electron chi connectivity index (χ3n) is 5.94. The second kappa shape index (κ2) is 7.80. The highest BCUT2D eigenvalue weighted by molar-refractivity contribution is 5.79. The minimum atomic E-state index is 0.0690. The second-order valence-electron chi connectivity index (χ2n) is 7.83. The SMILES string of the molecule is Cc1ccc(-c2nnc(C(C)N3CCC(C(=O)N4CCCC4)CC3)o2)cc1. The molecular weight excluding hydrogens is 340 g/mol. The van der Waals surface area contributed by atoms with Crippen molar-refractivity contribution in [1.29, 1.82) is 0 Å². The quantitative estimate of drug-likeness (QED) is 0.827. The topological polar surface area (TPSA) is 62.5 Å². The molecular formula is C21H28N4O2. The van der Waals surface area contributed by atoms with Gasteiger partial charge in [-0.05, 0) is 64.8 Å². The third-order valence-corrected chi connectivity index (χ3v) is 5.94. The van der Waals surface area contributed by atoms with Crippen LogP contribution in [0.5, 0.6) is 0 Å². The monoisotopic (exact) mass is 368 g/mol. The minimum Gasteiger partial charge on any atom is -0.419 e. The molecule has 2 aliphatic rings. The molecule has 2 saturated heterocycles. The van der Waals surface area contributed by atoms with Gasteiger partial charge in [0.05, 0.1) is 6.04 Å². The normalized spacial score (nSPS) is 20.1. The maximum atomic E-state index is 12.6. The summed E-state index contributed by atoms with van der Waals surface area (Å²) in [6, 6.07) is 8.18. The first kappa shape index (κ1) is 18.2. The van der Waals surface area contributed by atoms with E-state index in [1.165, 1.54) is 5.56 Å². The molecule has 0 aliphatic carbocycles. The Bertz CT molecular complexity index is 772. The smallest absolute Gasteiger partial charge is 0.247 e. The number of rotatable bonds is 4. The highest BCUT2D eigenvalue weighted by Crippen LogP contribution is 2.29. The van der Waals surface area contributed by atoms with E-state index >= 15 is 0 Å². The molecule has 27 heavy (non-hydrogen) atoms. The third kappa shape index (κ3) is 3.90. The number of likely N-dealkylation sites (tertiary alicyclic amines) is 2. The van der Waals surface area contributed by atoms with Crippen molar-refractivity contribution in [2.45, 2.75) is 45.6 Å². The van der Waals surface area contributed by atoms with Crippen LogP contribution in [0.4, 0.5) is 0 Å². The number of piperidine rings is 1. The van der Waals surface area contributed by atoms with E-state index in [2.05, 4.69) is 33.8 Å². The maximum absolute atomic E-state index is 12.6. The fraction of sp³-hybridized carbons (Fsp3) is 0.571. The van der Waals surface area contributed by atoms with Crippen molar-refractivity contribution in [3.63, 3.8) is 0 Å². The van der Waals surface area contributed by atoms with E-state index in [-0.39, 0.29) is 12.0 Å². The molecule has 2 aromatic rings. The number of aromatic nitrogens is 2. The molecule has 2 fully saturated rings. The van der Waals surface area contributed by atoms with Crippen molar-refractivity contribution < 1.29 is 9.21 Å². The van der Waals surface area contributed by atoms with Gasteiger partial charge in [-0.25, -0.2) is 0 Å². The Morgan fingerprint density at radius 2 is 1.74 bits per heavy atom. The average molecular weight is 368 g/mol. The Balaban J connectivity index is 1.36. The number of carbonyl (C=O) groups excluding carboxylic acids is 1. The predicted octanol–water partition coefficient (Wildman–Crippen LogP) is 3.44. The molecule has 1 aromatic heterocycles. The van der Waals surface area contributed by atoms with Crippen molar-refractivity contribution in [1.82, 2.24) is 20.0 Å². The molecule has 1 aromatic carbocycles. The van der Waals surface area contributed by atoms with E-state index in [0.717, 1.165) is 57.4 Å². The van der Waals surface area contributed by atoms with Crippen LogP contribution in [0.3, 0.4) is 0 Å². The molecule has 2 aliphatic heterocycles. The summed E-state index contributed by atoms with van der Waals surface area (Å²) in [7, 11) is 0. The van der Waals surface area contributed by atoms with Crippen LogP contribution < -0.4 is 0 Å². The minimum absolute atomic E-state index is 0.0690. The van der Waals surface area contributed by atoms with Crippen LogP contribution in [0.25, 0.3) is 11.5 Å².